The molecule has 2 aliphatic heterocycles. The molecular formula is C35H44Cl2N6O4. The summed E-state index contributed by atoms with van der Waals surface area (Å²) >= 11 is 12.7. The van der Waals surface area contributed by atoms with Gasteiger partial charge in [0.1, 0.15) is 22.7 Å². The monoisotopic (exact) mass is 682 g/mol. The number of aliphatic imine (C=N–C) groups is 1. The second-order valence-corrected chi connectivity index (χ2v) is 14.3. The number of hydrogen-bond donors (Lipinski definition) is 2. The van der Waals surface area contributed by atoms with E-state index in [4.69, 9.17) is 42.9 Å². The van der Waals surface area contributed by atoms with Gasteiger partial charge < -0.3 is 19.8 Å². The van der Waals surface area contributed by atoms with Gasteiger partial charge in [0.2, 0.25) is 5.88 Å². The Balaban J connectivity index is 1.71. The van der Waals surface area contributed by atoms with Gasteiger partial charge in [-0.3, -0.25) is 14.8 Å². The zero-order valence-corrected chi connectivity index (χ0v) is 29.4. The highest BCUT2D eigenvalue weighted by molar-refractivity contribution is 6.30. The molecule has 2 amide bonds. The number of aliphatic hydroxyl groups is 2. The summed E-state index contributed by atoms with van der Waals surface area (Å²) in [4.78, 5) is 35.7. The van der Waals surface area contributed by atoms with E-state index in [0.29, 0.717) is 72.5 Å². The number of nitrogens with zero attached hydrogens (tertiary/aromatic N) is 6. The molecule has 2 N–H and O–H groups in total. The number of benzene rings is 2. The Morgan fingerprint density at radius 1 is 0.979 bits per heavy atom. The average Bonchev–Trinajstić information content (AvgIpc) is 3.29. The number of carbonyl (C=O) groups excluding carboxylic acids is 1. The molecule has 252 valence electrons. The van der Waals surface area contributed by atoms with Gasteiger partial charge in [-0.15, -0.1) is 0 Å². The van der Waals surface area contributed by atoms with Crippen molar-refractivity contribution in [2.45, 2.75) is 64.1 Å². The van der Waals surface area contributed by atoms with Crippen LogP contribution in [0, 0.1) is 0 Å². The maximum Gasteiger partial charge on any atom is 0.326 e. The van der Waals surface area contributed by atoms with Crippen LogP contribution >= 0.6 is 23.2 Å². The SMILES string of the molecule is CCOc1nc(C(C)(C)C)ncc1C1=N[C@@](C)(c2ccc(Cl)cc2)[C@@](C)(c2ccc(Cl)cc2)N1C(=O)N1CCN(CC(O)CO)CC1. The van der Waals surface area contributed by atoms with Crippen molar-refractivity contribution < 1.29 is 19.7 Å². The number of aliphatic hydroxyl groups excluding tert-OH is 2. The molecule has 3 atom stereocenters. The van der Waals surface area contributed by atoms with Crippen LogP contribution in [0.25, 0.3) is 0 Å². The molecule has 3 aromatic rings. The first-order chi connectivity index (χ1) is 22.2. The van der Waals surface area contributed by atoms with Crippen molar-refractivity contribution in [1.82, 2.24) is 24.7 Å². The number of hydrogen-bond acceptors (Lipinski definition) is 8. The van der Waals surface area contributed by atoms with Crippen LogP contribution < -0.4 is 4.74 Å². The fourth-order valence-electron chi connectivity index (χ4n) is 6.31. The predicted octanol–water partition coefficient (Wildman–Crippen LogP) is 5.46. The van der Waals surface area contributed by atoms with E-state index in [9.17, 15) is 10.2 Å². The molecule has 1 unspecified atom stereocenters. The van der Waals surface area contributed by atoms with Gasteiger partial charge in [-0.25, -0.2) is 9.78 Å². The number of β-amino-alcohol motifs (C(OH)–C–C–N with tert-alkyl or cyclic N) is 1. The average molecular weight is 684 g/mol. The first-order valence-corrected chi connectivity index (χ1v) is 16.7. The van der Waals surface area contributed by atoms with E-state index >= 15 is 4.79 Å². The normalized spacial score (nSPS) is 22.7. The summed E-state index contributed by atoms with van der Waals surface area (Å²) in [6.45, 7) is 14.4. The lowest BCUT2D eigenvalue weighted by Crippen LogP contribution is -2.61. The number of carbonyl (C=O) groups is 1. The zero-order chi connectivity index (χ0) is 34.1. The van der Waals surface area contributed by atoms with Gasteiger partial charge in [0, 0.05) is 54.4 Å². The van der Waals surface area contributed by atoms with E-state index in [-0.39, 0.29) is 18.1 Å². The molecule has 2 aliphatic rings. The number of rotatable bonds is 8. The summed E-state index contributed by atoms with van der Waals surface area (Å²) in [6.07, 6.45) is 0.873. The van der Waals surface area contributed by atoms with Gasteiger partial charge in [0.25, 0.3) is 0 Å². The van der Waals surface area contributed by atoms with Crippen LogP contribution in [0.1, 0.15) is 64.1 Å². The van der Waals surface area contributed by atoms with Crippen molar-refractivity contribution in [3.63, 3.8) is 0 Å². The van der Waals surface area contributed by atoms with Crippen LogP contribution in [0.4, 0.5) is 4.79 Å². The lowest BCUT2D eigenvalue weighted by atomic mass is 9.71. The fourth-order valence-corrected chi connectivity index (χ4v) is 6.57. The van der Waals surface area contributed by atoms with Crippen LogP contribution in [-0.4, -0.2) is 98.8 Å². The Bertz CT molecular complexity index is 1610. The molecule has 0 radical (unpaired) electrons. The third-order valence-corrected chi connectivity index (χ3v) is 9.71. The highest BCUT2D eigenvalue weighted by Gasteiger charge is 2.60. The second kappa shape index (κ2) is 13.7. The number of ether oxygens (including phenoxy) is 1. The third kappa shape index (κ3) is 6.71. The van der Waals surface area contributed by atoms with Crippen molar-refractivity contribution in [3.05, 3.63) is 87.3 Å². The first kappa shape index (κ1) is 35.0. The molecule has 0 bridgehead atoms. The summed E-state index contributed by atoms with van der Waals surface area (Å²) in [6, 6.07) is 14.8. The maximum absolute atomic E-state index is 15.0. The largest absolute Gasteiger partial charge is 0.477 e. The lowest BCUT2D eigenvalue weighted by Gasteiger charge is -2.47. The highest BCUT2D eigenvalue weighted by atomic mass is 35.5. The number of urea groups is 1. The Kier molecular flexibility index (Phi) is 10.2. The minimum absolute atomic E-state index is 0.233. The number of piperazine rings is 1. The number of halogens is 2. The Morgan fingerprint density at radius 3 is 2.09 bits per heavy atom. The van der Waals surface area contributed by atoms with Gasteiger partial charge in [0.05, 0.1) is 24.9 Å². The van der Waals surface area contributed by atoms with E-state index in [0.717, 1.165) is 11.1 Å². The Morgan fingerprint density at radius 2 is 1.55 bits per heavy atom. The minimum Gasteiger partial charge on any atom is -0.477 e. The van der Waals surface area contributed by atoms with Crippen LogP contribution in [-0.2, 0) is 16.5 Å². The maximum atomic E-state index is 15.0. The Hall–Kier alpha value is -3.28. The lowest BCUT2D eigenvalue weighted by molar-refractivity contribution is 0.0390. The van der Waals surface area contributed by atoms with Gasteiger partial charge in [0.15, 0.2) is 0 Å². The number of amidine groups is 1. The summed E-state index contributed by atoms with van der Waals surface area (Å²) in [5, 5.41) is 20.5. The molecule has 12 heteroatoms. The van der Waals surface area contributed by atoms with Gasteiger partial charge in [-0.05, 0) is 56.2 Å². The number of amides is 2. The minimum atomic E-state index is -1.06. The molecule has 3 heterocycles. The Labute approximate surface area is 287 Å². The third-order valence-electron chi connectivity index (χ3n) is 9.21. The fraction of sp³-hybridized carbons (Fsp3) is 0.486. The molecule has 0 aliphatic carbocycles. The van der Waals surface area contributed by atoms with Crippen molar-refractivity contribution in [2.24, 2.45) is 4.99 Å². The van der Waals surface area contributed by atoms with E-state index in [1.54, 1.807) is 11.1 Å². The van der Waals surface area contributed by atoms with Crippen molar-refractivity contribution in [2.75, 3.05) is 45.9 Å². The molecule has 1 fully saturated rings. The van der Waals surface area contributed by atoms with E-state index in [1.165, 1.54) is 0 Å². The van der Waals surface area contributed by atoms with Crippen LogP contribution in [0.2, 0.25) is 10.0 Å². The molecule has 1 aromatic heterocycles. The second-order valence-electron chi connectivity index (χ2n) is 13.4. The zero-order valence-electron chi connectivity index (χ0n) is 27.9. The molecule has 1 saturated heterocycles. The van der Waals surface area contributed by atoms with Gasteiger partial charge in [-0.1, -0.05) is 68.2 Å². The van der Waals surface area contributed by atoms with Gasteiger partial charge >= 0.3 is 6.03 Å². The standard InChI is InChI=1S/C35H44Cl2N6O4/c1-7-47-30-28(20-38-31(39-30)33(2,3)4)29-40-34(5,23-8-12-25(36)13-9-23)35(6,24-10-14-26(37)15-11-24)43(29)32(46)42-18-16-41(17-19-42)21-27(45)22-44/h8-15,20,27,44-45H,7,16-19,21-22H2,1-6H3/t27?,34-,35+/m0/s1. The summed E-state index contributed by atoms with van der Waals surface area (Å²) < 4.78 is 6.13. The first-order valence-electron chi connectivity index (χ1n) is 16.0. The smallest absolute Gasteiger partial charge is 0.326 e. The summed E-state index contributed by atoms with van der Waals surface area (Å²) in [7, 11) is 0. The number of aromatic nitrogens is 2. The van der Waals surface area contributed by atoms with E-state index in [2.05, 4.69) is 0 Å². The summed E-state index contributed by atoms with van der Waals surface area (Å²) in [5.74, 6) is 1.36. The topological polar surface area (TPSA) is 115 Å². The van der Waals surface area contributed by atoms with Gasteiger partial charge in [-0.2, -0.15) is 4.98 Å². The quantitative estimate of drug-likeness (QED) is 0.324. The molecule has 5 rings (SSSR count). The molecular weight excluding hydrogens is 639 g/mol. The van der Waals surface area contributed by atoms with Crippen molar-refractivity contribution in [1.29, 1.82) is 0 Å². The van der Waals surface area contributed by atoms with Crippen LogP contribution in [0.5, 0.6) is 5.88 Å². The molecule has 10 nitrogen and oxygen atoms in total. The molecule has 2 aromatic carbocycles. The van der Waals surface area contributed by atoms with Crippen LogP contribution in [0.15, 0.2) is 59.7 Å². The van der Waals surface area contributed by atoms with E-state index < -0.39 is 17.2 Å². The molecule has 47 heavy (non-hydrogen) atoms. The molecule has 0 spiro atoms. The highest BCUT2D eigenvalue weighted by Crippen LogP contribution is 2.54. The summed E-state index contributed by atoms with van der Waals surface area (Å²) in [5.41, 5.74) is -0.197. The van der Waals surface area contributed by atoms with E-state index in [1.807, 2.05) is 99.9 Å². The van der Waals surface area contributed by atoms with Crippen molar-refractivity contribution >= 4 is 35.1 Å². The van der Waals surface area contributed by atoms with Crippen LogP contribution in [0.3, 0.4) is 0 Å². The predicted molar refractivity (Wildman–Crippen MR) is 184 cm³/mol. The molecule has 0 saturated carbocycles. The van der Waals surface area contributed by atoms with Crippen molar-refractivity contribution in [3.8, 4) is 5.88 Å².